The van der Waals surface area contributed by atoms with Crippen LogP contribution in [0.25, 0.3) is 0 Å². The Hall–Kier alpha value is -3.87. The molecule has 0 aliphatic rings. The van der Waals surface area contributed by atoms with Crippen LogP contribution in [0.15, 0.2) is 78.9 Å². The molecule has 190 valence electrons. The molecule has 0 saturated carbocycles. The lowest BCUT2D eigenvalue weighted by Crippen LogP contribution is -2.41. The van der Waals surface area contributed by atoms with Crippen LogP contribution in [0.2, 0.25) is 0 Å². The minimum absolute atomic E-state index is 0.0347. The molecule has 3 rings (SSSR count). The summed E-state index contributed by atoms with van der Waals surface area (Å²) >= 11 is 0. The Balaban J connectivity index is 1.63. The van der Waals surface area contributed by atoms with Crippen LogP contribution in [0.1, 0.15) is 45.4 Å². The van der Waals surface area contributed by atoms with Gasteiger partial charge in [0.15, 0.2) is 0 Å². The number of hydrogen-bond acceptors (Lipinski definition) is 3. The van der Waals surface area contributed by atoms with E-state index in [2.05, 4.69) is 17.6 Å². The quantitative estimate of drug-likeness (QED) is 0.250. The van der Waals surface area contributed by atoms with Crippen molar-refractivity contribution in [1.82, 2.24) is 5.32 Å². The molecule has 0 aromatic heterocycles. The highest BCUT2D eigenvalue weighted by Gasteiger charge is 2.18. The topological polar surface area (TPSA) is 70.7 Å². The zero-order valence-electron chi connectivity index (χ0n) is 20.7. The van der Waals surface area contributed by atoms with Crippen molar-refractivity contribution in [3.8, 4) is 11.5 Å². The molecule has 3 aromatic carbocycles. The van der Waals surface area contributed by atoms with E-state index in [1.54, 1.807) is 36.4 Å². The Labute approximate surface area is 212 Å². The summed E-state index contributed by atoms with van der Waals surface area (Å²) in [6.45, 7) is 2.66. The number of hydrogen-bond donors (Lipinski definition) is 2. The Bertz CT molecular complexity index is 1090. The number of ether oxygens (including phenoxy) is 1. The lowest BCUT2D eigenvalue weighted by atomic mass is 10.1. The van der Waals surface area contributed by atoms with Gasteiger partial charge in [-0.3, -0.25) is 9.69 Å². The SMILES string of the molecule is CCCCCCCC(=O)NCCN(C(=O)Nc1ccccc1F)c1ccc(Oc2ccccc2)cc1. The highest BCUT2D eigenvalue weighted by atomic mass is 19.1. The van der Waals surface area contributed by atoms with Gasteiger partial charge in [-0.15, -0.1) is 0 Å². The standard InChI is InChI=1S/C29H34FN3O3/c1-2-3-4-5-9-16-28(34)31-21-22-33(29(35)32-27-15-11-10-14-26(27)30)23-17-19-25(20-18-23)36-24-12-7-6-8-13-24/h6-8,10-15,17-20H,2-5,9,16,21-22H2,1H3,(H,31,34)(H,32,35). The molecule has 0 bridgehead atoms. The van der Waals surface area contributed by atoms with Crippen molar-refractivity contribution in [3.05, 3.63) is 84.7 Å². The summed E-state index contributed by atoms with van der Waals surface area (Å²) in [5.74, 6) is 0.772. The van der Waals surface area contributed by atoms with Crippen LogP contribution in [0, 0.1) is 5.82 Å². The van der Waals surface area contributed by atoms with E-state index < -0.39 is 11.8 Å². The molecular formula is C29H34FN3O3. The fourth-order valence-corrected chi connectivity index (χ4v) is 3.70. The van der Waals surface area contributed by atoms with Crippen molar-refractivity contribution in [2.45, 2.75) is 45.4 Å². The molecular weight excluding hydrogens is 457 g/mol. The third-order valence-corrected chi connectivity index (χ3v) is 5.65. The molecule has 7 heteroatoms. The van der Waals surface area contributed by atoms with Gasteiger partial charge < -0.3 is 15.4 Å². The van der Waals surface area contributed by atoms with E-state index in [-0.39, 0.29) is 24.7 Å². The average molecular weight is 492 g/mol. The van der Waals surface area contributed by atoms with Crippen molar-refractivity contribution in [3.63, 3.8) is 0 Å². The van der Waals surface area contributed by atoms with Gasteiger partial charge in [0.25, 0.3) is 0 Å². The maximum absolute atomic E-state index is 14.1. The fourth-order valence-electron chi connectivity index (χ4n) is 3.70. The lowest BCUT2D eigenvalue weighted by Gasteiger charge is -2.24. The first kappa shape index (κ1) is 26.7. The van der Waals surface area contributed by atoms with Crippen LogP contribution >= 0.6 is 0 Å². The number of para-hydroxylation sites is 2. The molecule has 0 aliphatic heterocycles. The van der Waals surface area contributed by atoms with Gasteiger partial charge in [-0.25, -0.2) is 9.18 Å². The number of rotatable bonds is 13. The van der Waals surface area contributed by atoms with E-state index in [4.69, 9.17) is 4.74 Å². The predicted molar refractivity (Wildman–Crippen MR) is 142 cm³/mol. The second-order valence-corrected chi connectivity index (χ2v) is 8.48. The van der Waals surface area contributed by atoms with E-state index in [1.165, 1.54) is 23.5 Å². The van der Waals surface area contributed by atoms with Crippen molar-refractivity contribution < 1.29 is 18.7 Å². The highest BCUT2D eigenvalue weighted by molar-refractivity contribution is 6.01. The van der Waals surface area contributed by atoms with Crippen LogP contribution in [-0.4, -0.2) is 25.0 Å². The van der Waals surface area contributed by atoms with Crippen molar-refractivity contribution in [1.29, 1.82) is 0 Å². The zero-order chi connectivity index (χ0) is 25.6. The third kappa shape index (κ3) is 8.73. The second-order valence-electron chi connectivity index (χ2n) is 8.48. The van der Waals surface area contributed by atoms with Crippen LogP contribution in [0.5, 0.6) is 11.5 Å². The summed E-state index contributed by atoms with van der Waals surface area (Å²) in [5, 5.41) is 5.51. The lowest BCUT2D eigenvalue weighted by molar-refractivity contribution is -0.121. The molecule has 0 aliphatic carbocycles. The van der Waals surface area contributed by atoms with Gasteiger partial charge in [-0.05, 0) is 55.0 Å². The number of nitrogens with zero attached hydrogens (tertiary/aromatic N) is 1. The molecule has 0 unspecified atom stereocenters. The molecule has 3 amide bonds. The molecule has 3 aromatic rings. The predicted octanol–water partition coefficient (Wildman–Crippen LogP) is 7.13. The van der Waals surface area contributed by atoms with Gasteiger partial charge >= 0.3 is 6.03 Å². The maximum Gasteiger partial charge on any atom is 0.326 e. The number of urea groups is 1. The second kappa shape index (κ2) is 14.5. The largest absolute Gasteiger partial charge is 0.457 e. The number of nitrogens with one attached hydrogen (secondary N) is 2. The summed E-state index contributed by atoms with van der Waals surface area (Å²) in [4.78, 5) is 26.8. The van der Waals surface area contributed by atoms with E-state index in [1.807, 2.05) is 30.3 Å². The summed E-state index contributed by atoms with van der Waals surface area (Å²) in [6, 6.07) is 22.0. The van der Waals surface area contributed by atoms with Gasteiger partial charge in [0.1, 0.15) is 17.3 Å². The molecule has 0 saturated heterocycles. The van der Waals surface area contributed by atoms with Crippen molar-refractivity contribution in [2.24, 2.45) is 0 Å². The van der Waals surface area contributed by atoms with Gasteiger partial charge in [0.05, 0.1) is 5.69 Å². The van der Waals surface area contributed by atoms with E-state index in [0.29, 0.717) is 23.6 Å². The first-order chi connectivity index (χ1) is 17.6. The molecule has 2 N–H and O–H groups in total. The Kier molecular flexibility index (Phi) is 10.8. The zero-order valence-corrected chi connectivity index (χ0v) is 20.7. The smallest absolute Gasteiger partial charge is 0.326 e. The number of halogens is 1. The third-order valence-electron chi connectivity index (χ3n) is 5.65. The number of unbranched alkanes of at least 4 members (excludes halogenated alkanes) is 4. The van der Waals surface area contributed by atoms with Gasteiger partial charge in [-0.1, -0.05) is 62.9 Å². The van der Waals surface area contributed by atoms with Crippen LogP contribution in [-0.2, 0) is 4.79 Å². The maximum atomic E-state index is 14.1. The fraction of sp³-hybridized carbons (Fsp3) is 0.310. The molecule has 6 nitrogen and oxygen atoms in total. The molecule has 0 fully saturated rings. The van der Waals surface area contributed by atoms with Gasteiger partial charge in [0, 0.05) is 25.2 Å². The molecule has 0 spiro atoms. The number of amides is 3. The Morgan fingerprint density at radius 1 is 0.833 bits per heavy atom. The summed E-state index contributed by atoms with van der Waals surface area (Å²) in [7, 11) is 0. The Morgan fingerprint density at radius 2 is 1.50 bits per heavy atom. The molecule has 0 atom stereocenters. The first-order valence-electron chi connectivity index (χ1n) is 12.5. The average Bonchev–Trinajstić information content (AvgIpc) is 2.89. The van der Waals surface area contributed by atoms with Crippen LogP contribution < -0.4 is 20.3 Å². The summed E-state index contributed by atoms with van der Waals surface area (Å²) in [5.41, 5.74) is 0.686. The number of benzene rings is 3. The van der Waals surface area contributed by atoms with Gasteiger partial charge in [0.2, 0.25) is 5.91 Å². The number of anilines is 2. The van der Waals surface area contributed by atoms with Crippen molar-refractivity contribution in [2.75, 3.05) is 23.3 Å². The number of carbonyl (C=O) groups excluding carboxylic acids is 2. The monoisotopic (exact) mass is 491 g/mol. The first-order valence-corrected chi connectivity index (χ1v) is 12.5. The molecule has 0 heterocycles. The highest BCUT2D eigenvalue weighted by Crippen LogP contribution is 2.25. The molecule has 0 radical (unpaired) electrons. The van der Waals surface area contributed by atoms with Gasteiger partial charge in [-0.2, -0.15) is 0 Å². The minimum atomic E-state index is -0.520. The molecule has 36 heavy (non-hydrogen) atoms. The normalized spacial score (nSPS) is 10.5. The van der Waals surface area contributed by atoms with Crippen LogP contribution in [0.3, 0.4) is 0 Å². The van der Waals surface area contributed by atoms with E-state index in [0.717, 1.165) is 25.7 Å². The number of carbonyl (C=O) groups is 2. The Morgan fingerprint density at radius 3 is 2.22 bits per heavy atom. The summed E-state index contributed by atoms with van der Waals surface area (Å²) < 4.78 is 20.0. The summed E-state index contributed by atoms with van der Waals surface area (Å²) in [6.07, 6.45) is 5.84. The van der Waals surface area contributed by atoms with E-state index >= 15 is 0 Å². The van der Waals surface area contributed by atoms with Crippen LogP contribution in [0.4, 0.5) is 20.6 Å². The van der Waals surface area contributed by atoms with Crippen molar-refractivity contribution >= 4 is 23.3 Å². The van der Waals surface area contributed by atoms with E-state index in [9.17, 15) is 14.0 Å². The minimum Gasteiger partial charge on any atom is -0.457 e.